The lowest BCUT2D eigenvalue weighted by Crippen LogP contribution is -2.19. The number of carboxylic acid groups (broad SMARTS) is 1. The molecule has 0 saturated carbocycles. The molecule has 2 rings (SSSR count). The molecule has 1 aromatic carbocycles. The molecular formula is C17H24N2O4. The lowest BCUT2D eigenvalue weighted by molar-refractivity contribution is -0.137. The monoisotopic (exact) mass is 320 g/mol. The third-order valence-corrected chi connectivity index (χ3v) is 3.70. The number of imidazole rings is 1. The van der Waals surface area contributed by atoms with Gasteiger partial charge in [0.2, 0.25) is 0 Å². The topological polar surface area (TPSA) is 73.6 Å². The largest absolute Gasteiger partial charge is 0.493 e. The van der Waals surface area contributed by atoms with E-state index in [4.69, 9.17) is 19.6 Å². The van der Waals surface area contributed by atoms with E-state index in [-0.39, 0.29) is 11.8 Å². The molecule has 0 aliphatic carbocycles. The first kappa shape index (κ1) is 17.1. The second-order valence-corrected chi connectivity index (χ2v) is 6.53. The Labute approximate surface area is 136 Å². The van der Waals surface area contributed by atoms with E-state index in [2.05, 4.69) is 25.3 Å². The lowest BCUT2D eigenvalue weighted by Gasteiger charge is -2.20. The number of fused-ring (bicyclic) bond motifs is 1. The van der Waals surface area contributed by atoms with Gasteiger partial charge in [0.1, 0.15) is 5.82 Å². The molecule has 0 aliphatic rings. The Bertz CT molecular complexity index is 713. The normalized spacial score (nSPS) is 11.7. The number of aryl methyl sites for hydroxylation is 1. The first-order valence-electron chi connectivity index (χ1n) is 7.62. The summed E-state index contributed by atoms with van der Waals surface area (Å²) in [4.78, 5) is 15.5. The summed E-state index contributed by atoms with van der Waals surface area (Å²) in [6, 6.07) is 3.76. The average Bonchev–Trinajstić information content (AvgIpc) is 2.83. The second-order valence-electron chi connectivity index (χ2n) is 6.53. The van der Waals surface area contributed by atoms with Gasteiger partial charge in [0.25, 0.3) is 0 Å². The Morgan fingerprint density at radius 1 is 1.22 bits per heavy atom. The maximum absolute atomic E-state index is 10.8. The van der Waals surface area contributed by atoms with Crippen molar-refractivity contribution in [1.29, 1.82) is 0 Å². The van der Waals surface area contributed by atoms with Crippen LogP contribution in [0, 0.1) is 0 Å². The molecule has 0 unspecified atom stereocenters. The van der Waals surface area contributed by atoms with Crippen LogP contribution in [-0.4, -0.2) is 34.8 Å². The Morgan fingerprint density at radius 2 is 1.83 bits per heavy atom. The number of aliphatic carboxylic acids is 1. The van der Waals surface area contributed by atoms with E-state index in [9.17, 15) is 4.79 Å². The molecule has 0 spiro atoms. The van der Waals surface area contributed by atoms with Crippen LogP contribution in [-0.2, 0) is 16.8 Å². The van der Waals surface area contributed by atoms with Crippen molar-refractivity contribution in [2.75, 3.05) is 14.2 Å². The van der Waals surface area contributed by atoms with E-state index in [1.165, 1.54) is 0 Å². The highest BCUT2D eigenvalue weighted by Gasteiger charge is 2.24. The van der Waals surface area contributed by atoms with Crippen molar-refractivity contribution in [2.24, 2.45) is 0 Å². The van der Waals surface area contributed by atoms with Gasteiger partial charge in [-0.05, 0) is 6.42 Å². The van der Waals surface area contributed by atoms with Crippen LogP contribution in [0.5, 0.6) is 11.5 Å². The molecule has 1 heterocycles. The number of carboxylic acids is 1. The number of ether oxygens (including phenoxy) is 2. The standard InChI is InChI=1S/C17H24N2O4/c1-17(2,3)16-18-11-9-13(22-4)14(23-5)10-12(11)19(16)8-6-7-15(20)21/h9-10H,6-8H2,1-5H3,(H,20,21). The highest BCUT2D eigenvalue weighted by Crippen LogP contribution is 2.35. The highest BCUT2D eigenvalue weighted by molar-refractivity contribution is 5.81. The zero-order chi connectivity index (χ0) is 17.2. The van der Waals surface area contributed by atoms with E-state index < -0.39 is 5.97 Å². The Kier molecular flexibility index (Phi) is 4.82. The van der Waals surface area contributed by atoms with Crippen LogP contribution in [0.2, 0.25) is 0 Å². The number of carbonyl (C=O) groups is 1. The summed E-state index contributed by atoms with van der Waals surface area (Å²) in [6.45, 7) is 6.88. The SMILES string of the molecule is COc1cc2nc(C(C)(C)C)n(CCCC(=O)O)c2cc1OC. The smallest absolute Gasteiger partial charge is 0.303 e. The molecule has 1 N–H and O–H groups in total. The van der Waals surface area contributed by atoms with Crippen LogP contribution in [0.3, 0.4) is 0 Å². The molecule has 0 bridgehead atoms. The van der Waals surface area contributed by atoms with Gasteiger partial charge in [-0.2, -0.15) is 0 Å². The lowest BCUT2D eigenvalue weighted by atomic mass is 9.95. The molecule has 23 heavy (non-hydrogen) atoms. The molecule has 0 aliphatic heterocycles. The van der Waals surface area contributed by atoms with E-state index >= 15 is 0 Å². The van der Waals surface area contributed by atoms with Gasteiger partial charge in [-0.1, -0.05) is 20.8 Å². The number of methoxy groups -OCH3 is 2. The van der Waals surface area contributed by atoms with Crippen LogP contribution >= 0.6 is 0 Å². The number of benzene rings is 1. The maximum Gasteiger partial charge on any atom is 0.303 e. The van der Waals surface area contributed by atoms with E-state index in [0.717, 1.165) is 16.9 Å². The first-order chi connectivity index (χ1) is 10.8. The molecule has 0 saturated heterocycles. The third-order valence-electron chi connectivity index (χ3n) is 3.70. The molecule has 6 nitrogen and oxygen atoms in total. The maximum atomic E-state index is 10.8. The van der Waals surface area contributed by atoms with E-state index in [1.807, 2.05) is 12.1 Å². The summed E-state index contributed by atoms with van der Waals surface area (Å²) in [6.07, 6.45) is 0.689. The van der Waals surface area contributed by atoms with Gasteiger partial charge in [-0.3, -0.25) is 4.79 Å². The Morgan fingerprint density at radius 3 is 2.35 bits per heavy atom. The predicted octanol–water partition coefficient (Wildman–Crippen LogP) is 3.22. The van der Waals surface area contributed by atoms with Gasteiger partial charge in [0, 0.05) is 30.5 Å². The van der Waals surface area contributed by atoms with Crippen molar-refractivity contribution in [3.05, 3.63) is 18.0 Å². The molecule has 0 fully saturated rings. The van der Waals surface area contributed by atoms with Crippen LogP contribution < -0.4 is 9.47 Å². The fourth-order valence-corrected chi connectivity index (χ4v) is 2.64. The van der Waals surface area contributed by atoms with Gasteiger partial charge in [-0.25, -0.2) is 4.98 Å². The molecular weight excluding hydrogens is 296 g/mol. The van der Waals surface area contributed by atoms with Crippen molar-refractivity contribution in [2.45, 2.75) is 45.6 Å². The van der Waals surface area contributed by atoms with Gasteiger partial charge in [-0.15, -0.1) is 0 Å². The Hall–Kier alpha value is -2.24. The number of nitrogens with zero attached hydrogens (tertiary/aromatic N) is 2. The van der Waals surface area contributed by atoms with Crippen molar-refractivity contribution in [1.82, 2.24) is 9.55 Å². The minimum Gasteiger partial charge on any atom is -0.493 e. The quantitative estimate of drug-likeness (QED) is 0.884. The molecule has 0 radical (unpaired) electrons. The van der Waals surface area contributed by atoms with E-state index in [0.29, 0.717) is 24.5 Å². The van der Waals surface area contributed by atoms with E-state index in [1.54, 1.807) is 14.2 Å². The highest BCUT2D eigenvalue weighted by atomic mass is 16.5. The number of rotatable bonds is 6. The molecule has 2 aromatic rings. The zero-order valence-corrected chi connectivity index (χ0v) is 14.3. The average molecular weight is 320 g/mol. The van der Waals surface area contributed by atoms with Gasteiger partial charge < -0.3 is 19.1 Å². The van der Waals surface area contributed by atoms with Gasteiger partial charge >= 0.3 is 5.97 Å². The zero-order valence-electron chi connectivity index (χ0n) is 14.3. The summed E-state index contributed by atoms with van der Waals surface area (Å²) in [7, 11) is 3.19. The van der Waals surface area contributed by atoms with Crippen molar-refractivity contribution >= 4 is 17.0 Å². The van der Waals surface area contributed by atoms with Crippen molar-refractivity contribution in [3.8, 4) is 11.5 Å². The second kappa shape index (κ2) is 6.48. The number of hydrogen-bond donors (Lipinski definition) is 1. The molecule has 6 heteroatoms. The first-order valence-corrected chi connectivity index (χ1v) is 7.62. The Balaban J connectivity index is 2.56. The molecule has 0 amide bonds. The summed E-state index contributed by atoms with van der Waals surface area (Å²) >= 11 is 0. The molecule has 126 valence electrons. The third kappa shape index (κ3) is 3.57. The van der Waals surface area contributed by atoms with Crippen LogP contribution in [0.15, 0.2) is 12.1 Å². The summed E-state index contributed by atoms with van der Waals surface area (Å²) in [5, 5.41) is 8.87. The summed E-state index contributed by atoms with van der Waals surface area (Å²) < 4.78 is 12.8. The fraction of sp³-hybridized carbons (Fsp3) is 0.529. The minimum absolute atomic E-state index is 0.135. The van der Waals surface area contributed by atoms with Crippen LogP contribution in [0.4, 0.5) is 0 Å². The molecule has 1 aromatic heterocycles. The van der Waals surface area contributed by atoms with Crippen molar-refractivity contribution < 1.29 is 19.4 Å². The number of hydrogen-bond acceptors (Lipinski definition) is 4. The minimum atomic E-state index is -0.786. The predicted molar refractivity (Wildman–Crippen MR) is 88.4 cm³/mol. The summed E-state index contributed by atoms with van der Waals surface area (Å²) in [5.74, 6) is 1.41. The van der Waals surface area contributed by atoms with Crippen molar-refractivity contribution in [3.63, 3.8) is 0 Å². The fourth-order valence-electron chi connectivity index (χ4n) is 2.64. The summed E-state index contributed by atoms with van der Waals surface area (Å²) in [5.41, 5.74) is 1.60. The molecule has 0 atom stereocenters. The van der Waals surface area contributed by atoms with Crippen LogP contribution in [0.1, 0.15) is 39.4 Å². The van der Waals surface area contributed by atoms with Gasteiger partial charge in [0.05, 0.1) is 25.3 Å². The van der Waals surface area contributed by atoms with Gasteiger partial charge in [0.15, 0.2) is 11.5 Å². The number of aromatic nitrogens is 2. The van der Waals surface area contributed by atoms with Crippen LogP contribution in [0.25, 0.3) is 11.0 Å².